The number of hydrogen-bond acceptors (Lipinski definition) is 5. The van der Waals surface area contributed by atoms with Crippen molar-refractivity contribution < 1.29 is 13.2 Å². The fourth-order valence-electron chi connectivity index (χ4n) is 2.29. The number of carbonyl (C=O) groups excluding carboxylic acids is 1. The van der Waals surface area contributed by atoms with Gasteiger partial charge in [0.05, 0.1) is 27.6 Å². The van der Waals surface area contributed by atoms with Gasteiger partial charge >= 0.3 is 6.03 Å². The topological polar surface area (TPSA) is 128 Å². The molecular formula is C18H15N5O3S. The van der Waals surface area contributed by atoms with Crippen LogP contribution in [0.1, 0.15) is 11.1 Å². The molecule has 2 amide bonds. The van der Waals surface area contributed by atoms with E-state index in [2.05, 4.69) is 20.8 Å². The maximum Gasteiger partial charge on any atom is 0.319 e. The first-order chi connectivity index (χ1) is 13.0. The highest BCUT2D eigenvalue weighted by Gasteiger charge is 2.17. The van der Waals surface area contributed by atoms with Gasteiger partial charge in [-0.3, -0.25) is 5.10 Å². The number of nitriles is 1. The molecule has 3 N–H and O–H groups in total. The van der Waals surface area contributed by atoms with Gasteiger partial charge in [-0.1, -0.05) is 0 Å². The molecule has 0 aliphatic heterocycles. The number of carbonyl (C=O) groups is 1. The Morgan fingerprint density at radius 1 is 1.07 bits per heavy atom. The Morgan fingerprint density at radius 2 is 1.70 bits per heavy atom. The summed E-state index contributed by atoms with van der Waals surface area (Å²) in [5.41, 5.74) is 1.67. The van der Waals surface area contributed by atoms with E-state index in [0.717, 1.165) is 5.56 Å². The van der Waals surface area contributed by atoms with Crippen molar-refractivity contribution in [3.63, 3.8) is 0 Å². The minimum atomic E-state index is -3.70. The molecule has 136 valence electrons. The molecule has 8 nitrogen and oxygen atoms in total. The number of nitrogens with zero attached hydrogens (tertiary/aromatic N) is 2. The van der Waals surface area contributed by atoms with Crippen molar-refractivity contribution in [2.75, 3.05) is 5.32 Å². The Kier molecular flexibility index (Phi) is 5.19. The fraction of sp³-hybridized carbons (Fsp3) is 0.0556. The lowest BCUT2D eigenvalue weighted by molar-refractivity contribution is 0.251. The van der Waals surface area contributed by atoms with Gasteiger partial charge in [-0.15, -0.1) is 0 Å². The zero-order chi connectivity index (χ0) is 19.3. The summed E-state index contributed by atoms with van der Waals surface area (Å²) in [6.45, 7) is 0.313. The summed E-state index contributed by atoms with van der Waals surface area (Å²) in [6.07, 6.45) is 3.27. The van der Waals surface area contributed by atoms with Crippen LogP contribution in [0.25, 0.3) is 0 Å². The maximum atomic E-state index is 12.6. The van der Waals surface area contributed by atoms with E-state index < -0.39 is 15.9 Å². The lowest BCUT2D eigenvalue weighted by Gasteiger charge is -2.08. The molecule has 0 spiro atoms. The standard InChI is InChI=1S/C18H15N5O3S/c19-9-13-1-5-16(6-2-13)27(25,26)17-7-3-15(4-8-17)23-18(24)20-10-14-11-21-22-12-14/h1-8,11-12H,10H2,(H,21,22)(H2,20,23,24). The molecule has 3 rings (SSSR count). The first-order valence-electron chi connectivity index (χ1n) is 7.87. The zero-order valence-corrected chi connectivity index (χ0v) is 14.8. The maximum absolute atomic E-state index is 12.6. The highest BCUT2D eigenvalue weighted by Crippen LogP contribution is 2.22. The molecule has 0 radical (unpaired) electrons. The third-order valence-corrected chi connectivity index (χ3v) is 5.51. The number of nitrogens with one attached hydrogen (secondary N) is 3. The number of aromatic nitrogens is 2. The normalized spacial score (nSPS) is 10.8. The van der Waals surface area contributed by atoms with Crippen LogP contribution in [0.5, 0.6) is 0 Å². The molecule has 1 heterocycles. The highest BCUT2D eigenvalue weighted by atomic mass is 32.2. The van der Waals surface area contributed by atoms with Crippen LogP contribution in [0.2, 0.25) is 0 Å². The smallest absolute Gasteiger partial charge is 0.319 e. The average Bonchev–Trinajstić information content (AvgIpc) is 3.20. The first kappa shape index (κ1) is 18.2. The SMILES string of the molecule is N#Cc1ccc(S(=O)(=O)c2ccc(NC(=O)NCc3cn[nH]c3)cc2)cc1. The van der Waals surface area contributed by atoms with Crippen molar-refractivity contribution in [3.05, 3.63) is 72.1 Å². The van der Waals surface area contributed by atoms with Gasteiger partial charge in [-0.25, -0.2) is 13.2 Å². The number of rotatable bonds is 5. The molecule has 0 atom stereocenters. The molecule has 2 aromatic carbocycles. The van der Waals surface area contributed by atoms with E-state index in [0.29, 0.717) is 17.8 Å². The monoisotopic (exact) mass is 381 g/mol. The highest BCUT2D eigenvalue weighted by molar-refractivity contribution is 7.91. The molecule has 0 saturated heterocycles. The van der Waals surface area contributed by atoms with E-state index in [9.17, 15) is 13.2 Å². The summed E-state index contributed by atoms with van der Waals surface area (Å²) in [5.74, 6) is 0. The Balaban J connectivity index is 1.67. The number of urea groups is 1. The third-order valence-electron chi connectivity index (χ3n) is 3.72. The predicted octanol–water partition coefficient (Wildman–Crippen LogP) is 2.44. The van der Waals surface area contributed by atoms with E-state index in [1.807, 2.05) is 6.07 Å². The average molecular weight is 381 g/mol. The largest absolute Gasteiger partial charge is 0.334 e. The van der Waals surface area contributed by atoms with Crippen LogP contribution in [0.4, 0.5) is 10.5 Å². The van der Waals surface area contributed by atoms with Crippen LogP contribution in [0, 0.1) is 11.3 Å². The summed E-state index contributed by atoms with van der Waals surface area (Å²) in [7, 11) is -3.70. The number of hydrogen-bond donors (Lipinski definition) is 3. The van der Waals surface area contributed by atoms with E-state index >= 15 is 0 Å². The number of amides is 2. The third kappa shape index (κ3) is 4.31. The second-order valence-electron chi connectivity index (χ2n) is 5.58. The van der Waals surface area contributed by atoms with Gasteiger partial charge in [0.15, 0.2) is 0 Å². The molecule has 27 heavy (non-hydrogen) atoms. The quantitative estimate of drug-likeness (QED) is 0.625. The molecule has 1 aromatic heterocycles. The minimum absolute atomic E-state index is 0.0940. The van der Waals surface area contributed by atoms with Gasteiger partial charge in [-0.2, -0.15) is 10.4 Å². The van der Waals surface area contributed by atoms with Crippen LogP contribution in [-0.2, 0) is 16.4 Å². The second kappa shape index (κ2) is 7.72. The Hall–Kier alpha value is -3.64. The molecule has 0 fully saturated rings. The molecule has 0 aliphatic rings. The molecular weight excluding hydrogens is 366 g/mol. The van der Waals surface area contributed by atoms with Crippen molar-refractivity contribution in [1.29, 1.82) is 5.26 Å². The summed E-state index contributed by atoms with van der Waals surface area (Å²) in [6, 6.07) is 13.1. The first-order valence-corrected chi connectivity index (χ1v) is 9.35. The van der Waals surface area contributed by atoms with E-state index in [-0.39, 0.29) is 9.79 Å². The zero-order valence-electron chi connectivity index (χ0n) is 14.0. The van der Waals surface area contributed by atoms with Gasteiger partial charge in [0, 0.05) is 24.0 Å². The van der Waals surface area contributed by atoms with Crippen molar-refractivity contribution >= 4 is 21.6 Å². The molecule has 0 unspecified atom stereocenters. The van der Waals surface area contributed by atoms with Crippen LogP contribution >= 0.6 is 0 Å². The summed E-state index contributed by atoms with van der Waals surface area (Å²) in [5, 5.41) is 20.5. The summed E-state index contributed by atoms with van der Waals surface area (Å²) in [4.78, 5) is 12.1. The van der Waals surface area contributed by atoms with Crippen molar-refractivity contribution in [2.24, 2.45) is 0 Å². The van der Waals surface area contributed by atoms with Crippen LogP contribution in [0.3, 0.4) is 0 Å². The van der Waals surface area contributed by atoms with Crippen LogP contribution in [-0.4, -0.2) is 24.6 Å². The number of H-pyrrole nitrogens is 1. The van der Waals surface area contributed by atoms with Gasteiger partial charge in [-0.05, 0) is 48.5 Å². The molecule has 0 aliphatic carbocycles. The number of aromatic amines is 1. The number of sulfone groups is 1. The van der Waals surface area contributed by atoms with E-state index in [1.165, 1.54) is 48.5 Å². The molecule has 0 bridgehead atoms. The van der Waals surface area contributed by atoms with Gasteiger partial charge in [0.1, 0.15) is 0 Å². The lowest BCUT2D eigenvalue weighted by atomic mass is 10.2. The Bertz CT molecular complexity index is 1070. The van der Waals surface area contributed by atoms with Crippen molar-refractivity contribution in [3.8, 4) is 6.07 Å². The summed E-state index contributed by atoms with van der Waals surface area (Å²) < 4.78 is 25.2. The molecule has 0 saturated carbocycles. The second-order valence-corrected chi connectivity index (χ2v) is 7.53. The van der Waals surface area contributed by atoms with Gasteiger partial charge in [0.25, 0.3) is 0 Å². The van der Waals surface area contributed by atoms with Crippen molar-refractivity contribution in [1.82, 2.24) is 15.5 Å². The van der Waals surface area contributed by atoms with Gasteiger partial charge < -0.3 is 10.6 Å². The Labute approximate surface area is 155 Å². The van der Waals surface area contributed by atoms with Crippen molar-refractivity contribution in [2.45, 2.75) is 16.3 Å². The van der Waals surface area contributed by atoms with Crippen LogP contribution < -0.4 is 10.6 Å². The molecule has 3 aromatic rings. The summed E-state index contributed by atoms with van der Waals surface area (Å²) >= 11 is 0. The predicted molar refractivity (Wildman–Crippen MR) is 97.5 cm³/mol. The van der Waals surface area contributed by atoms with E-state index in [4.69, 9.17) is 5.26 Å². The molecule has 9 heteroatoms. The number of anilines is 1. The van der Waals surface area contributed by atoms with Gasteiger partial charge in [0.2, 0.25) is 9.84 Å². The van der Waals surface area contributed by atoms with Crippen LogP contribution in [0.15, 0.2) is 70.7 Å². The van der Waals surface area contributed by atoms with E-state index in [1.54, 1.807) is 12.4 Å². The Morgan fingerprint density at radius 3 is 2.26 bits per heavy atom. The fourth-order valence-corrected chi connectivity index (χ4v) is 3.55. The number of benzene rings is 2. The lowest BCUT2D eigenvalue weighted by Crippen LogP contribution is -2.28. The minimum Gasteiger partial charge on any atom is -0.334 e.